The Bertz CT molecular complexity index is 487. The van der Waals surface area contributed by atoms with Crippen LogP contribution in [-0.2, 0) is 9.59 Å². The van der Waals surface area contributed by atoms with Gasteiger partial charge in [0.25, 0.3) is 0 Å². The molecule has 96 valence electrons. The topological polar surface area (TPSA) is 71.4 Å². The van der Waals surface area contributed by atoms with E-state index in [0.29, 0.717) is 17.3 Å². The summed E-state index contributed by atoms with van der Waals surface area (Å²) < 4.78 is 0.749. The minimum Gasteiger partial charge on any atom is -0.480 e. The van der Waals surface area contributed by atoms with Crippen molar-refractivity contribution in [2.45, 2.75) is 18.6 Å². The zero-order valence-electron chi connectivity index (χ0n) is 9.55. The lowest BCUT2D eigenvalue weighted by Crippen LogP contribution is -2.21. The zero-order valence-corrected chi connectivity index (χ0v) is 12.0. The highest BCUT2D eigenvalue weighted by atomic mass is 79.9. The first-order valence-corrected chi connectivity index (χ1v) is 6.76. The zero-order chi connectivity index (χ0) is 13.7. The average molecular weight is 331 g/mol. The first-order chi connectivity index (χ1) is 8.40. The van der Waals surface area contributed by atoms with Crippen molar-refractivity contribution in [1.29, 1.82) is 0 Å². The Labute approximate surface area is 117 Å². The van der Waals surface area contributed by atoms with E-state index < -0.39 is 11.2 Å². The fourth-order valence-electron chi connectivity index (χ4n) is 1.33. The summed E-state index contributed by atoms with van der Waals surface area (Å²) in [7, 11) is 0. The van der Waals surface area contributed by atoms with E-state index in [1.54, 1.807) is 24.3 Å². The van der Waals surface area contributed by atoms with E-state index in [1.807, 2.05) is 0 Å². The van der Waals surface area contributed by atoms with E-state index >= 15 is 0 Å². The summed E-state index contributed by atoms with van der Waals surface area (Å²) in [6, 6.07) is 6.71. The van der Waals surface area contributed by atoms with E-state index in [-0.39, 0.29) is 17.3 Å². The Hall–Kier alpha value is -1.14. The van der Waals surface area contributed by atoms with Crippen molar-refractivity contribution < 1.29 is 19.5 Å². The van der Waals surface area contributed by atoms with Crippen molar-refractivity contribution in [1.82, 2.24) is 0 Å². The number of carboxylic acid groups (broad SMARTS) is 1. The van der Waals surface area contributed by atoms with Gasteiger partial charge in [-0.25, -0.2) is 0 Å². The second-order valence-electron chi connectivity index (χ2n) is 3.57. The van der Waals surface area contributed by atoms with Crippen LogP contribution < -0.4 is 0 Å². The number of thioether (sulfide) groups is 1. The molecule has 0 saturated heterocycles. The van der Waals surface area contributed by atoms with Gasteiger partial charge >= 0.3 is 5.97 Å². The van der Waals surface area contributed by atoms with Gasteiger partial charge in [-0.05, 0) is 12.1 Å². The van der Waals surface area contributed by atoms with E-state index in [2.05, 4.69) is 15.9 Å². The van der Waals surface area contributed by atoms with Gasteiger partial charge in [0, 0.05) is 23.4 Å². The number of benzene rings is 1. The molecule has 0 bridgehead atoms. The lowest BCUT2D eigenvalue weighted by Gasteiger charge is -2.09. The van der Waals surface area contributed by atoms with Crippen LogP contribution in [0.4, 0.5) is 0 Å². The average Bonchev–Trinajstić information content (AvgIpc) is 2.27. The molecule has 6 heteroatoms. The highest BCUT2D eigenvalue weighted by Gasteiger charge is 2.24. The SMILES string of the molecule is CC(=O)SC(CC(=O)c1cccc(Br)c1)C(=O)O. The number of carbonyl (C=O) groups excluding carboxylic acids is 2. The summed E-state index contributed by atoms with van der Waals surface area (Å²) in [5, 5.41) is 7.59. The van der Waals surface area contributed by atoms with Crippen LogP contribution in [0.3, 0.4) is 0 Å². The molecule has 1 unspecified atom stereocenters. The highest BCUT2D eigenvalue weighted by Crippen LogP contribution is 2.20. The molecule has 1 rings (SSSR count). The Morgan fingerprint density at radius 3 is 2.56 bits per heavy atom. The lowest BCUT2D eigenvalue weighted by molar-refractivity contribution is -0.136. The number of ketones is 1. The smallest absolute Gasteiger partial charge is 0.317 e. The minimum atomic E-state index is -1.15. The molecule has 0 heterocycles. The molecule has 0 amide bonds. The van der Waals surface area contributed by atoms with Crippen LogP contribution in [0.2, 0.25) is 0 Å². The molecule has 0 aliphatic heterocycles. The van der Waals surface area contributed by atoms with Crippen molar-refractivity contribution in [2.75, 3.05) is 0 Å². The van der Waals surface area contributed by atoms with Crippen molar-refractivity contribution >= 4 is 44.6 Å². The fraction of sp³-hybridized carbons (Fsp3) is 0.250. The van der Waals surface area contributed by atoms with Crippen LogP contribution in [0.5, 0.6) is 0 Å². The number of halogens is 1. The number of Topliss-reactive ketones (excluding diaryl/α,β-unsaturated/α-hetero) is 1. The van der Waals surface area contributed by atoms with Gasteiger partial charge in [0.1, 0.15) is 5.25 Å². The maximum absolute atomic E-state index is 11.9. The third-order valence-corrected chi connectivity index (χ3v) is 3.58. The third-order valence-electron chi connectivity index (χ3n) is 2.10. The Morgan fingerprint density at radius 1 is 1.39 bits per heavy atom. The lowest BCUT2D eigenvalue weighted by atomic mass is 10.1. The normalized spacial score (nSPS) is 11.9. The van der Waals surface area contributed by atoms with Crippen LogP contribution in [0.15, 0.2) is 28.7 Å². The Kier molecular flexibility index (Phi) is 5.55. The summed E-state index contributed by atoms with van der Waals surface area (Å²) >= 11 is 3.90. The van der Waals surface area contributed by atoms with Gasteiger partial charge in [-0.15, -0.1) is 0 Å². The van der Waals surface area contributed by atoms with Crippen molar-refractivity contribution in [2.24, 2.45) is 0 Å². The van der Waals surface area contributed by atoms with Crippen LogP contribution in [0.1, 0.15) is 23.7 Å². The quantitative estimate of drug-likeness (QED) is 0.840. The van der Waals surface area contributed by atoms with Crippen molar-refractivity contribution in [3.05, 3.63) is 34.3 Å². The summed E-state index contributed by atoms with van der Waals surface area (Å²) in [4.78, 5) is 33.7. The highest BCUT2D eigenvalue weighted by molar-refractivity contribution is 9.10. The summed E-state index contributed by atoms with van der Waals surface area (Å²) in [6.07, 6.45) is -0.198. The van der Waals surface area contributed by atoms with E-state index in [9.17, 15) is 14.4 Å². The molecular weight excluding hydrogens is 320 g/mol. The van der Waals surface area contributed by atoms with Crippen LogP contribution in [-0.4, -0.2) is 27.2 Å². The minimum absolute atomic E-state index is 0.198. The molecule has 1 aromatic carbocycles. The molecule has 0 aliphatic carbocycles. The molecule has 0 aromatic heterocycles. The largest absolute Gasteiger partial charge is 0.480 e. The molecule has 4 nitrogen and oxygen atoms in total. The van der Waals surface area contributed by atoms with Gasteiger partial charge in [0.2, 0.25) is 0 Å². The van der Waals surface area contributed by atoms with Gasteiger partial charge in [-0.1, -0.05) is 39.8 Å². The van der Waals surface area contributed by atoms with Crippen molar-refractivity contribution in [3.8, 4) is 0 Å². The Balaban J connectivity index is 2.78. The van der Waals surface area contributed by atoms with Gasteiger partial charge in [0.15, 0.2) is 10.9 Å². The number of carbonyl (C=O) groups is 3. The summed E-state index contributed by atoms with van der Waals surface area (Å²) in [6.45, 7) is 1.28. The maximum atomic E-state index is 11.9. The molecule has 0 radical (unpaired) electrons. The van der Waals surface area contributed by atoms with Crippen molar-refractivity contribution in [3.63, 3.8) is 0 Å². The molecule has 1 atom stereocenters. The Morgan fingerprint density at radius 2 is 2.06 bits per heavy atom. The number of carboxylic acids is 1. The first-order valence-electron chi connectivity index (χ1n) is 5.09. The number of hydrogen-bond acceptors (Lipinski definition) is 4. The van der Waals surface area contributed by atoms with Crippen LogP contribution in [0.25, 0.3) is 0 Å². The van der Waals surface area contributed by atoms with Gasteiger partial charge in [-0.2, -0.15) is 0 Å². The van der Waals surface area contributed by atoms with E-state index in [4.69, 9.17) is 5.11 Å². The van der Waals surface area contributed by atoms with Crippen LogP contribution >= 0.6 is 27.7 Å². The van der Waals surface area contributed by atoms with E-state index in [0.717, 1.165) is 4.47 Å². The van der Waals surface area contributed by atoms with Gasteiger partial charge in [-0.3, -0.25) is 14.4 Å². The first kappa shape index (κ1) is 14.9. The van der Waals surface area contributed by atoms with Gasteiger partial charge < -0.3 is 5.11 Å². The summed E-state index contributed by atoms with van der Waals surface area (Å²) in [5.41, 5.74) is 0.430. The fourth-order valence-corrected chi connectivity index (χ4v) is 2.46. The molecule has 0 saturated carbocycles. The van der Waals surface area contributed by atoms with Gasteiger partial charge in [0.05, 0.1) is 0 Å². The number of aliphatic carboxylic acids is 1. The summed E-state index contributed by atoms with van der Waals surface area (Å²) in [5.74, 6) is -1.45. The maximum Gasteiger partial charge on any atom is 0.317 e. The number of rotatable bonds is 5. The monoisotopic (exact) mass is 330 g/mol. The molecule has 1 aromatic rings. The predicted molar refractivity (Wildman–Crippen MR) is 72.8 cm³/mol. The molecule has 1 N–H and O–H groups in total. The molecule has 0 fully saturated rings. The molecular formula is C12H11BrO4S. The number of hydrogen-bond donors (Lipinski definition) is 1. The predicted octanol–water partition coefficient (Wildman–Crippen LogP) is 2.75. The molecule has 0 aliphatic rings. The standard InChI is InChI=1S/C12H11BrO4S/c1-7(14)18-11(12(16)17)6-10(15)8-3-2-4-9(13)5-8/h2-5,11H,6H2,1H3,(H,16,17). The third kappa shape index (κ3) is 4.62. The second kappa shape index (κ2) is 6.70. The second-order valence-corrected chi connectivity index (χ2v) is 5.87. The molecule has 18 heavy (non-hydrogen) atoms. The molecule has 0 spiro atoms. The van der Waals surface area contributed by atoms with Crippen LogP contribution in [0, 0.1) is 0 Å². The van der Waals surface area contributed by atoms with E-state index in [1.165, 1.54) is 6.92 Å².